The standard InChI is InChI=1S/C11H13F2NO3/c1-16-10-6(5-9(14)11(15)17-2)7(12)3-4-8(10)13/h3-4,9H,5,14H2,1-2H3. The van der Waals surface area contributed by atoms with Gasteiger partial charge in [-0.25, -0.2) is 8.78 Å². The molecular formula is C11H13F2NO3. The first-order chi connectivity index (χ1) is 8.01. The predicted octanol–water partition coefficient (Wildman–Crippen LogP) is 1.02. The van der Waals surface area contributed by atoms with Crippen LogP contribution in [0.4, 0.5) is 8.78 Å². The summed E-state index contributed by atoms with van der Waals surface area (Å²) >= 11 is 0. The molecule has 0 spiro atoms. The highest BCUT2D eigenvalue weighted by molar-refractivity contribution is 5.75. The number of hydrogen-bond acceptors (Lipinski definition) is 4. The van der Waals surface area contributed by atoms with E-state index in [0.717, 1.165) is 12.1 Å². The number of halogens is 2. The molecule has 0 fully saturated rings. The summed E-state index contributed by atoms with van der Waals surface area (Å²) in [5.74, 6) is -2.33. The van der Waals surface area contributed by atoms with Crippen LogP contribution in [0.25, 0.3) is 0 Å². The minimum Gasteiger partial charge on any atom is -0.493 e. The third-order valence-electron chi connectivity index (χ3n) is 2.29. The second-order valence-electron chi connectivity index (χ2n) is 3.37. The van der Waals surface area contributed by atoms with Gasteiger partial charge in [0.1, 0.15) is 11.9 Å². The van der Waals surface area contributed by atoms with E-state index in [-0.39, 0.29) is 17.7 Å². The van der Waals surface area contributed by atoms with Crippen molar-refractivity contribution < 1.29 is 23.0 Å². The van der Waals surface area contributed by atoms with Crippen LogP contribution < -0.4 is 10.5 Å². The molecule has 4 nitrogen and oxygen atoms in total. The summed E-state index contributed by atoms with van der Waals surface area (Å²) in [7, 11) is 2.38. The van der Waals surface area contributed by atoms with E-state index < -0.39 is 23.6 Å². The second-order valence-corrected chi connectivity index (χ2v) is 3.37. The smallest absolute Gasteiger partial charge is 0.322 e. The summed E-state index contributed by atoms with van der Waals surface area (Å²) in [6.07, 6.45) is -0.195. The number of carbonyl (C=O) groups is 1. The Morgan fingerprint density at radius 3 is 2.47 bits per heavy atom. The van der Waals surface area contributed by atoms with Crippen LogP contribution in [0.15, 0.2) is 12.1 Å². The molecule has 0 aliphatic rings. The Kier molecular flexibility index (Phi) is 4.39. The van der Waals surface area contributed by atoms with Crippen molar-refractivity contribution in [2.24, 2.45) is 5.73 Å². The van der Waals surface area contributed by atoms with Gasteiger partial charge in [0.25, 0.3) is 0 Å². The summed E-state index contributed by atoms with van der Waals surface area (Å²) in [6.45, 7) is 0. The lowest BCUT2D eigenvalue weighted by atomic mass is 10.0. The Balaban J connectivity index is 3.05. The van der Waals surface area contributed by atoms with Crippen molar-refractivity contribution in [2.75, 3.05) is 14.2 Å². The van der Waals surface area contributed by atoms with Crippen molar-refractivity contribution in [3.8, 4) is 5.75 Å². The van der Waals surface area contributed by atoms with Gasteiger partial charge < -0.3 is 15.2 Å². The monoisotopic (exact) mass is 245 g/mol. The predicted molar refractivity (Wildman–Crippen MR) is 56.6 cm³/mol. The van der Waals surface area contributed by atoms with E-state index in [2.05, 4.69) is 4.74 Å². The van der Waals surface area contributed by atoms with Crippen LogP contribution in [-0.2, 0) is 16.0 Å². The van der Waals surface area contributed by atoms with Gasteiger partial charge >= 0.3 is 5.97 Å². The van der Waals surface area contributed by atoms with Gasteiger partial charge in [0.2, 0.25) is 0 Å². The topological polar surface area (TPSA) is 61.5 Å². The van der Waals surface area contributed by atoms with Gasteiger partial charge in [-0.05, 0) is 12.1 Å². The third kappa shape index (κ3) is 2.91. The number of nitrogens with two attached hydrogens (primary N) is 1. The molecule has 1 rings (SSSR count). The fraction of sp³-hybridized carbons (Fsp3) is 0.364. The Labute approximate surface area is 97.3 Å². The van der Waals surface area contributed by atoms with Crippen LogP contribution in [0.3, 0.4) is 0 Å². The van der Waals surface area contributed by atoms with E-state index in [1.165, 1.54) is 14.2 Å². The fourth-order valence-corrected chi connectivity index (χ4v) is 1.44. The van der Waals surface area contributed by atoms with E-state index in [4.69, 9.17) is 10.5 Å². The summed E-state index contributed by atoms with van der Waals surface area (Å²) in [5.41, 5.74) is 5.40. The number of carbonyl (C=O) groups excluding carboxylic acids is 1. The Morgan fingerprint density at radius 1 is 1.35 bits per heavy atom. The molecule has 0 radical (unpaired) electrons. The van der Waals surface area contributed by atoms with Crippen LogP contribution >= 0.6 is 0 Å². The highest BCUT2D eigenvalue weighted by Crippen LogP contribution is 2.26. The van der Waals surface area contributed by atoms with E-state index in [0.29, 0.717) is 0 Å². The number of methoxy groups -OCH3 is 2. The molecule has 2 N–H and O–H groups in total. The molecule has 1 unspecified atom stereocenters. The average Bonchev–Trinajstić information content (AvgIpc) is 2.33. The number of ether oxygens (including phenoxy) is 2. The largest absolute Gasteiger partial charge is 0.493 e. The summed E-state index contributed by atoms with van der Waals surface area (Å²) in [4.78, 5) is 11.1. The summed E-state index contributed by atoms with van der Waals surface area (Å²) < 4.78 is 36.0. The second kappa shape index (κ2) is 5.58. The van der Waals surface area contributed by atoms with Crippen LogP contribution in [0.1, 0.15) is 5.56 Å². The normalized spacial score (nSPS) is 12.1. The lowest BCUT2D eigenvalue weighted by molar-refractivity contribution is -0.142. The van der Waals surface area contributed by atoms with Gasteiger partial charge in [0.15, 0.2) is 11.6 Å². The van der Waals surface area contributed by atoms with Crippen molar-refractivity contribution in [3.05, 3.63) is 29.3 Å². The number of hydrogen-bond donors (Lipinski definition) is 1. The minimum absolute atomic E-state index is 0.0783. The van der Waals surface area contributed by atoms with Crippen LogP contribution in [0, 0.1) is 11.6 Å². The molecule has 17 heavy (non-hydrogen) atoms. The zero-order valence-electron chi connectivity index (χ0n) is 9.50. The van der Waals surface area contributed by atoms with Crippen molar-refractivity contribution >= 4 is 5.97 Å². The molecule has 0 heterocycles. The first-order valence-electron chi connectivity index (χ1n) is 4.85. The maximum atomic E-state index is 13.5. The van der Waals surface area contributed by atoms with Gasteiger partial charge in [-0.3, -0.25) is 4.79 Å². The SMILES string of the molecule is COC(=O)C(N)Cc1c(F)ccc(F)c1OC. The number of benzene rings is 1. The molecule has 0 aliphatic heterocycles. The van der Waals surface area contributed by atoms with E-state index >= 15 is 0 Å². The molecule has 0 saturated carbocycles. The zero-order valence-corrected chi connectivity index (χ0v) is 9.50. The van der Waals surface area contributed by atoms with E-state index in [9.17, 15) is 13.6 Å². The fourth-order valence-electron chi connectivity index (χ4n) is 1.44. The first-order valence-corrected chi connectivity index (χ1v) is 4.85. The van der Waals surface area contributed by atoms with Gasteiger partial charge in [-0.2, -0.15) is 0 Å². The molecule has 0 bridgehead atoms. The molecule has 0 saturated heterocycles. The van der Waals surface area contributed by atoms with Crippen molar-refractivity contribution in [3.63, 3.8) is 0 Å². The van der Waals surface area contributed by atoms with E-state index in [1.54, 1.807) is 0 Å². The molecule has 0 amide bonds. The maximum Gasteiger partial charge on any atom is 0.322 e. The van der Waals surface area contributed by atoms with Crippen molar-refractivity contribution in [1.82, 2.24) is 0 Å². The van der Waals surface area contributed by atoms with Crippen molar-refractivity contribution in [2.45, 2.75) is 12.5 Å². The Hall–Kier alpha value is -1.69. The molecule has 94 valence electrons. The minimum atomic E-state index is -1.06. The van der Waals surface area contributed by atoms with E-state index in [1.807, 2.05) is 0 Å². The number of esters is 1. The Bertz CT molecular complexity index is 423. The quantitative estimate of drug-likeness (QED) is 0.804. The first kappa shape index (κ1) is 13.4. The lowest BCUT2D eigenvalue weighted by Gasteiger charge is -2.13. The van der Waals surface area contributed by atoms with Crippen molar-refractivity contribution in [1.29, 1.82) is 0 Å². The average molecular weight is 245 g/mol. The Morgan fingerprint density at radius 2 is 1.94 bits per heavy atom. The van der Waals surface area contributed by atoms with Gasteiger partial charge in [0, 0.05) is 12.0 Å². The van der Waals surface area contributed by atoms with Gasteiger partial charge in [-0.15, -0.1) is 0 Å². The molecule has 1 atom stereocenters. The van der Waals surface area contributed by atoms with Crippen LogP contribution in [0.5, 0.6) is 5.75 Å². The molecule has 0 aliphatic carbocycles. The highest BCUT2D eigenvalue weighted by Gasteiger charge is 2.21. The maximum absolute atomic E-state index is 13.5. The molecule has 1 aromatic rings. The lowest BCUT2D eigenvalue weighted by Crippen LogP contribution is -2.34. The third-order valence-corrected chi connectivity index (χ3v) is 2.29. The van der Waals surface area contributed by atoms with Gasteiger partial charge in [0.05, 0.1) is 14.2 Å². The summed E-state index contributed by atoms with van der Waals surface area (Å²) in [5, 5.41) is 0. The molecule has 6 heteroatoms. The molecule has 1 aromatic carbocycles. The highest BCUT2D eigenvalue weighted by atomic mass is 19.1. The molecule has 0 aromatic heterocycles. The zero-order chi connectivity index (χ0) is 13.0. The van der Waals surface area contributed by atoms with Crippen LogP contribution in [0.2, 0.25) is 0 Å². The summed E-state index contributed by atoms with van der Waals surface area (Å²) in [6, 6.07) is 0.837. The number of rotatable bonds is 4. The molecular weight excluding hydrogens is 232 g/mol. The van der Waals surface area contributed by atoms with Gasteiger partial charge in [-0.1, -0.05) is 0 Å². The van der Waals surface area contributed by atoms with Crippen LogP contribution in [-0.4, -0.2) is 26.2 Å².